The minimum atomic E-state index is -0.586. The number of nitrogens with one attached hydrogen (secondary N) is 1. The third-order valence-corrected chi connectivity index (χ3v) is 7.63. The summed E-state index contributed by atoms with van der Waals surface area (Å²) >= 11 is 0. The van der Waals surface area contributed by atoms with E-state index < -0.39 is 12.2 Å². The van der Waals surface area contributed by atoms with E-state index in [1.54, 1.807) is 24.3 Å². The molecule has 2 aliphatic rings. The molecule has 0 saturated carbocycles. The van der Waals surface area contributed by atoms with Crippen molar-refractivity contribution in [2.75, 3.05) is 51.6 Å². The number of carbonyl (C=O) groups is 3. The number of ether oxygens (including phenoxy) is 1. The lowest BCUT2D eigenvalue weighted by atomic mass is 10.0. The van der Waals surface area contributed by atoms with E-state index in [0.717, 1.165) is 11.1 Å². The molecule has 0 bridgehead atoms. The normalized spacial score (nSPS) is 16.6. The summed E-state index contributed by atoms with van der Waals surface area (Å²) in [6.07, 6.45) is 0.144. The summed E-state index contributed by atoms with van der Waals surface area (Å²) < 4.78 is 5.72. The molecular formula is C32H36N4O5. The zero-order chi connectivity index (χ0) is 28.8. The van der Waals surface area contributed by atoms with Gasteiger partial charge in [0.25, 0.3) is 11.8 Å². The molecule has 0 aliphatic carbocycles. The highest BCUT2D eigenvalue weighted by molar-refractivity contribution is 6.21. The lowest BCUT2D eigenvalue weighted by molar-refractivity contribution is 0.0308. The maximum atomic E-state index is 12.7. The molecule has 1 atom stereocenters. The van der Waals surface area contributed by atoms with Gasteiger partial charge in [0.05, 0.1) is 22.9 Å². The molecule has 0 radical (unpaired) electrons. The van der Waals surface area contributed by atoms with Crippen molar-refractivity contribution in [1.82, 2.24) is 14.7 Å². The number of piperidine rings is 1. The quantitative estimate of drug-likeness (QED) is 0.365. The summed E-state index contributed by atoms with van der Waals surface area (Å²) in [5.41, 5.74) is 3.55. The van der Waals surface area contributed by atoms with Gasteiger partial charge in [-0.1, -0.05) is 60.7 Å². The van der Waals surface area contributed by atoms with Crippen LogP contribution in [-0.4, -0.2) is 96.2 Å². The molecule has 214 valence electrons. The summed E-state index contributed by atoms with van der Waals surface area (Å²) in [5, 5.41) is 13.6. The zero-order valence-corrected chi connectivity index (χ0v) is 23.2. The van der Waals surface area contributed by atoms with Crippen LogP contribution in [0.25, 0.3) is 11.1 Å². The molecular weight excluding hydrogens is 520 g/mol. The van der Waals surface area contributed by atoms with Crippen LogP contribution < -0.4 is 5.32 Å². The molecule has 3 amide bonds. The first kappa shape index (κ1) is 28.5. The van der Waals surface area contributed by atoms with Crippen molar-refractivity contribution < 1.29 is 24.2 Å². The number of amides is 3. The fraction of sp³-hybridized carbons (Fsp3) is 0.344. The zero-order valence-electron chi connectivity index (χ0n) is 23.2. The lowest BCUT2D eigenvalue weighted by Gasteiger charge is -2.33. The maximum absolute atomic E-state index is 12.7. The number of anilines is 1. The number of aliphatic hydroxyl groups is 1. The first-order valence-corrected chi connectivity index (χ1v) is 14.1. The first-order chi connectivity index (χ1) is 19.9. The Morgan fingerprint density at radius 3 is 2.17 bits per heavy atom. The molecule has 0 aromatic heterocycles. The molecule has 1 saturated heterocycles. The number of aliphatic hydroxyl groups excluding tert-OH is 1. The third-order valence-electron chi connectivity index (χ3n) is 7.63. The van der Waals surface area contributed by atoms with Gasteiger partial charge in [-0.25, -0.2) is 4.79 Å². The minimum absolute atomic E-state index is 0.186. The van der Waals surface area contributed by atoms with Gasteiger partial charge >= 0.3 is 6.09 Å². The van der Waals surface area contributed by atoms with Gasteiger partial charge in [-0.2, -0.15) is 0 Å². The van der Waals surface area contributed by atoms with Gasteiger partial charge in [0.15, 0.2) is 0 Å². The second kappa shape index (κ2) is 13.1. The molecule has 2 aliphatic heterocycles. The molecule has 3 aromatic carbocycles. The number of imide groups is 1. The van der Waals surface area contributed by atoms with Crippen LogP contribution in [-0.2, 0) is 4.74 Å². The number of hydrogen-bond acceptors (Lipinski definition) is 7. The highest BCUT2D eigenvalue weighted by Crippen LogP contribution is 2.28. The first-order valence-electron chi connectivity index (χ1n) is 14.1. The Hall–Kier alpha value is -4.05. The number of para-hydroxylation sites is 1. The number of rotatable bonds is 10. The maximum Gasteiger partial charge on any atom is 0.411 e. The fourth-order valence-corrected chi connectivity index (χ4v) is 5.48. The Labute approximate surface area is 240 Å². The Morgan fingerprint density at radius 1 is 0.927 bits per heavy atom. The summed E-state index contributed by atoms with van der Waals surface area (Å²) in [6.45, 7) is 3.10. The standard InChI is InChI=1S/C32H36N4O5/c1-34(19-20-36-30(38)27-12-5-6-13-28(27)31(36)39)21-24(37)22-35-17-15-25(16-18-35)41-32(40)33-29-14-8-7-11-26(29)23-9-3-2-4-10-23/h2-14,24-25,37H,15-22H2,1H3,(H,33,40). The number of β-amino-alcohol motifs (C(OH)–C–C–N with tert-alkyl or cyclic N) is 1. The second-order valence-electron chi connectivity index (χ2n) is 10.7. The van der Waals surface area contributed by atoms with E-state index in [2.05, 4.69) is 10.2 Å². The number of fused-ring (bicyclic) bond motifs is 1. The predicted molar refractivity (Wildman–Crippen MR) is 157 cm³/mol. The van der Waals surface area contributed by atoms with Crippen LogP contribution >= 0.6 is 0 Å². The Morgan fingerprint density at radius 2 is 1.51 bits per heavy atom. The van der Waals surface area contributed by atoms with Crippen LogP contribution in [0.3, 0.4) is 0 Å². The van der Waals surface area contributed by atoms with Crippen molar-refractivity contribution in [2.45, 2.75) is 25.0 Å². The van der Waals surface area contributed by atoms with E-state index in [-0.39, 0.29) is 24.5 Å². The lowest BCUT2D eigenvalue weighted by Crippen LogP contribution is -2.45. The monoisotopic (exact) mass is 556 g/mol. The SMILES string of the molecule is CN(CCN1C(=O)c2ccccc2C1=O)CC(O)CN1CCC(OC(=O)Nc2ccccc2-c2ccccc2)CC1. The van der Waals surface area contributed by atoms with Crippen molar-refractivity contribution in [3.8, 4) is 11.1 Å². The fourth-order valence-electron chi connectivity index (χ4n) is 5.48. The van der Waals surface area contributed by atoms with Gasteiger partial charge < -0.3 is 19.6 Å². The van der Waals surface area contributed by atoms with Crippen LogP contribution in [0.1, 0.15) is 33.6 Å². The molecule has 9 nitrogen and oxygen atoms in total. The van der Waals surface area contributed by atoms with E-state index >= 15 is 0 Å². The topological polar surface area (TPSA) is 102 Å². The number of nitrogens with zero attached hydrogens (tertiary/aromatic N) is 3. The Balaban J connectivity index is 1.02. The number of benzene rings is 3. The highest BCUT2D eigenvalue weighted by Gasteiger charge is 2.35. The van der Waals surface area contributed by atoms with E-state index in [0.29, 0.717) is 62.4 Å². The largest absolute Gasteiger partial charge is 0.446 e. The molecule has 1 unspecified atom stereocenters. The van der Waals surface area contributed by atoms with E-state index in [9.17, 15) is 19.5 Å². The average Bonchev–Trinajstić information content (AvgIpc) is 3.22. The van der Waals surface area contributed by atoms with Crippen molar-refractivity contribution in [1.29, 1.82) is 0 Å². The summed E-state index contributed by atoms with van der Waals surface area (Å²) in [5.74, 6) is -0.530. The minimum Gasteiger partial charge on any atom is -0.446 e. The molecule has 0 spiro atoms. The van der Waals surface area contributed by atoms with Gasteiger partial charge in [0.1, 0.15) is 6.10 Å². The van der Waals surface area contributed by atoms with E-state index in [1.165, 1.54) is 4.90 Å². The van der Waals surface area contributed by atoms with Gasteiger partial charge in [0.2, 0.25) is 0 Å². The molecule has 3 aromatic rings. The van der Waals surface area contributed by atoms with Crippen LogP contribution in [0, 0.1) is 0 Å². The predicted octanol–water partition coefficient (Wildman–Crippen LogP) is 3.96. The van der Waals surface area contributed by atoms with Crippen LogP contribution in [0.5, 0.6) is 0 Å². The van der Waals surface area contributed by atoms with Crippen LogP contribution in [0.2, 0.25) is 0 Å². The molecule has 2 N–H and O–H groups in total. The van der Waals surface area contributed by atoms with Gasteiger partial charge in [0, 0.05) is 44.8 Å². The summed E-state index contributed by atoms with van der Waals surface area (Å²) in [7, 11) is 1.87. The molecule has 1 fully saturated rings. The number of carbonyl (C=O) groups excluding carboxylic acids is 3. The number of likely N-dealkylation sites (tertiary alicyclic amines) is 1. The molecule has 9 heteroatoms. The van der Waals surface area contributed by atoms with Crippen molar-refractivity contribution in [3.05, 3.63) is 90.0 Å². The van der Waals surface area contributed by atoms with Crippen molar-refractivity contribution >= 4 is 23.6 Å². The highest BCUT2D eigenvalue weighted by atomic mass is 16.6. The van der Waals surface area contributed by atoms with Crippen molar-refractivity contribution in [2.24, 2.45) is 0 Å². The van der Waals surface area contributed by atoms with E-state index in [4.69, 9.17) is 4.74 Å². The summed E-state index contributed by atoms with van der Waals surface area (Å²) in [6, 6.07) is 24.4. The Bertz CT molecular complexity index is 1340. The number of likely N-dealkylation sites (N-methyl/N-ethyl adjacent to an activating group) is 1. The third kappa shape index (κ3) is 7.00. The van der Waals surface area contributed by atoms with Crippen LogP contribution in [0.4, 0.5) is 10.5 Å². The summed E-state index contributed by atoms with van der Waals surface area (Å²) in [4.78, 5) is 43.2. The van der Waals surface area contributed by atoms with E-state index in [1.807, 2.05) is 66.5 Å². The smallest absolute Gasteiger partial charge is 0.411 e. The second-order valence-corrected chi connectivity index (χ2v) is 10.7. The molecule has 41 heavy (non-hydrogen) atoms. The van der Waals surface area contributed by atoms with Gasteiger partial charge in [-0.15, -0.1) is 0 Å². The Kier molecular flexibility index (Phi) is 9.08. The van der Waals surface area contributed by atoms with Gasteiger partial charge in [-0.05, 0) is 43.7 Å². The molecule has 5 rings (SSSR count). The van der Waals surface area contributed by atoms with Crippen LogP contribution in [0.15, 0.2) is 78.9 Å². The number of hydrogen-bond donors (Lipinski definition) is 2. The van der Waals surface area contributed by atoms with Gasteiger partial charge in [-0.3, -0.25) is 19.8 Å². The average molecular weight is 557 g/mol. The van der Waals surface area contributed by atoms with Crippen molar-refractivity contribution in [3.63, 3.8) is 0 Å². The molecule has 2 heterocycles.